The molecule has 15 heavy (non-hydrogen) atoms. The van der Waals surface area contributed by atoms with Gasteiger partial charge in [-0.3, -0.25) is 0 Å². The van der Waals surface area contributed by atoms with Crippen molar-refractivity contribution in [3.05, 3.63) is 22.4 Å². The number of hydrogen-bond acceptors (Lipinski definition) is 3. The smallest absolute Gasteiger partial charge is 0.0412 e. The molecule has 3 heteroatoms. The second kappa shape index (κ2) is 7.31. The fraction of sp³-hybridized carbons (Fsp3) is 0.667. The molecule has 0 aliphatic heterocycles. The Morgan fingerprint density at radius 3 is 2.87 bits per heavy atom. The Labute approximate surface area is 102 Å². The summed E-state index contributed by atoms with van der Waals surface area (Å²) in [5.74, 6) is 0. The van der Waals surface area contributed by atoms with Crippen LogP contribution in [0.5, 0.6) is 0 Å². The van der Waals surface area contributed by atoms with Crippen molar-refractivity contribution in [1.29, 1.82) is 0 Å². The first-order chi connectivity index (χ1) is 7.27. The average Bonchev–Trinajstić information content (AvgIpc) is 2.77. The predicted octanol–water partition coefficient (Wildman–Crippen LogP) is 3.93. The molecule has 1 N–H and O–H groups in total. The van der Waals surface area contributed by atoms with Crippen molar-refractivity contribution < 1.29 is 0 Å². The number of nitrogens with one attached hydrogen (secondary N) is 1. The summed E-state index contributed by atoms with van der Waals surface area (Å²) in [6.45, 7) is 5.66. The SMILES string of the molecule is CCC(NCCC(C)SC)c1cccs1. The van der Waals surface area contributed by atoms with E-state index in [1.165, 1.54) is 17.7 Å². The Balaban J connectivity index is 2.29. The standard InChI is InChI=1S/C12H21NS2/c1-4-11(12-6-5-9-15-12)13-8-7-10(2)14-3/h5-6,9-11,13H,4,7-8H2,1-3H3. The van der Waals surface area contributed by atoms with Gasteiger partial charge in [0.25, 0.3) is 0 Å². The van der Waals surface area contributed by atoms with Crippen LogP contribution in [0.15, 0.2) is 17.5 Å². The molecule has 0 saturated carbocycles. The number of hydrogen-bond donors (Lipinski definition) is 1. The molecule has 0 fully saturated rings. The van der Waals surface area contributed by atoms with Gasteiger partial charge in [-0.15, -0.1) is 11.3 Å². The highest BCUT2D eigenvalue weighted by atomic mass is 32.2. The molecule has 1 aromatic heterocycles. The van der Waals surface area contributed by atoms with Crippen molar-refractivity contribution in [1.82, 2.24) is 5.32 Å². The maximum atomic E-state index is 3.63. The number of thiophene rings is 1. The lowest BCUT2D eigenvalue weighted by Crippen LogP contribution is -2.22. The van der Waals surface area contributed by atoms with Crippen LogP contribution in [0.3, 0.4) is 0 Å². The Morgan fingerprint density at radius 2 is 2.33 bits per heavy atom. The van der Waals surface area contributed by atoms with Gasteiger partial charge in [-0.2, -0.15) is 11.8 Å². The summed E-state index contributed by atoms with van der Waals surface area (Å²) in [6, 6.07) is 4.91. The molecular formula is C12H21NS2. The van der Waals surface area contributed by atoms with Crippen molar-refractivity contribution in [2.75, 3.05) is 12.8 Å². The molecule has 0 saturated heterocycles. The highest BCUT2D eigenvalue weighted by molar-refractivity contribution is 7.99. The first-order valence-corrected chi connectivity index (χ1v) is 7.74. The first kappa shape index (κ1) is 13.1. The van der Waals surface area contributed by atoms with E-state index in [9.17, 15) is 0 Å². The lowest BCUT2D eigenvalue weighted by atomic mass is 10.2. The van der Waals surface area contributed by atoms with E-state index in [-0.39, 0.29) is 0 Å². The van der Waals surface area contributed by atoms with E-state index in [1.807, 2.05) is 23.1 Å². The number of thioether (sulfide) groups is 1. The predicted molar refractivity (Wildman–Crippen MR) is 72.9 cm³/mol. The molecule has 1 heterocycles. The van der Waals surface area contributed by atoms with Crippen LogP contribution in [0.2, 0.25) is 0 Å². The van der Waals surface area contributed by atoms with Crippen molar-refractivity contribution in [3.8, 4) is 0 Å². The maximum Gasteiger partial charge on any atom is 0.0412 e. The highest BCUT2D eigenvalue weighted by Crippen LogP contribution is 2.21. The van der Waals surface area contributed by atoms with Crippen LogP contribution in [0.25, 0.3) is 0 Å². The zero-order chi connectivity index (χ0) is 11.1. The topological polar surface area (TPSA) is 12.0 Å². The molecule has 86 valence electrons. The van der Waals surface area contributed by atoms with E-state index in [4.69, 9.17) is 0 Å². The van der Waals surface area contributed by atoms with Gasteiger partial charge < -0.3 is 5.32 Å². The molecule has 0 aliphatic carbocycles. The van der Waals surface area contributed by atoms with E-state index < -0.39 is 0 Å². The minimum Gasteiger partial charge on any atom is -0.309 e. The summed E-state index contributed by atoms with van der Waals surface area (Å²) >= 11 is 3.80. The molecule has 1 rings (SSSR count). The van der Waals surface area contributed by atoms with Crippen molar-refractivity contribution in [2.45, 2.75) is 38.0 Å². The van der Waals surface area contributed by atoms with Crippen LogP contribution >= 0.6 is 23.1 Å². The molecular weight excluding hydrogens is 222 g/mol. The molecule has 0 aliphatic rings. The van der Waals surface area contributed by atoms with Crippen molar-refractivity contribution in [3.63, 3.8) is 0 Å². The quantitative estimate of drug-likeness (QED) is 0.779. The molecule has 2 unspecified atom stereocenters. The first-order valence-electron chi connectivity index (χ1n) is 5.57. The summed E-state index contributed by atoms with van der Waals surface area (Å²) in [5.41, 5.74) is 0. The van der Waals surface area contributed by atoms with Crippen LogP contribution in [0, 0.1) is 0 Å². The van der Waals surface area contributed by atoms with Gasteiger partial charge in [-0.25, -0.2) is 0 Å². The van der Waals surface area contributed by atoms with E-state index in [0.29, 0.717) is 6.04 Å². The van der Waals surface area contributed by atoms with Crippen LogP contribution in [0.4, 0.5) is 0 Å². The zero-order valence-corrected chi connectivity index (χ0v) is 11.5. The zero-order valence-electron chi connectivity index (χ0n) is 9.82. The molecule has 0 radical (unpaired) electrons. The van der Waals surface area contributed by atoms with Gasteiger partial charge in [0.1, 0.15) is 0 Å². The van der Waals surface area contributed by atoms with Gasteiger partial charge >= 0.3 is 0 Å². The summed E-state index contributed by atoms with van der Waals surface area (Å²) < 4.78 is 0. The third-order valence-electron chi connectivity index (χ3n) is 2.64. The molecule has 2 atom stereocenters. The van der Waals surface area contributed by atoms with Crippen LogP contribution < -0.4 is 5.32 Å². The lowest BCUT2D eigenvalue weighted by Gasteiger charge is -2.16. The summed E-state index contributed by atoms with van der Waals surface area (Å²) in [6.07, 6.45) is 4.61. The summed E-state index contributed by atoms with van der Waals surface area (Å²) in [4.78, 5) is 1.47. The Morgan fingerprint density at radius 1 is 1.53 bits per heavy atom. The Bertz CT molecular complexity index is 246. The summed E-state index contributed by atoms with van der Waals surface area (Å²) in [7, 11) is 0. The second-order valence-electron chi connectivity index (χ2n) is 3.77. The van der Waals surface area contributed by atoms with E-state index in [2.05, 4.69) is 42.9 Å². The van der Waals surface area contributed by atoms with Crippen LogP contribution in [-0.2, 0) is 0 Å². The number of rotatable bonds is 7. The van der Waals surface area contributed by atoms with Gasteiger partial charge in [0.05, 0.1) is 0 Å². The molecule has 0 amide bonds. The fourth-order valence-corrected chi connectivity index (χ4v) is 2.75. The summed E-state index contributed by atoms with van der Waals surface area (Å²) in [5, 5.41) is 6.55. The van der Waals surface area contributed by atoms with E-state index >= 15 is 0 Å². The second-order valence-corrected chi connectivity index (χ2v) is 6.02. The third-order valence-corrected chi connectivity index (χ3v) is 4.67. The average molecular weight is 243 g/mol. The lowest BCUT2D eigenvalue weighted by molar-refractivity contribution is 0.517. The molecule has 1 aromatic rings. The van der Waals surface area contributed by atoms with Gasteiger partial charge in [-0.1, -0.05) is 19.9 Å². The largest absolute Gasteiger partial charge is 0.309 e. The minimum atomic E-state index is 0.555. The molecule has 1 nitrogen and oxygen atoms in total. The van der Waals surface area contributed by atoms with E-state index in [0.717, 1.165) is 11.8 Å². The molecule has 0 aromatic carbocycles. The van der Waals surface area contributed by atoms with Gasteiger partial charge in [0, 0.05) is 16.2 Å². The van der Waals surface area contributed by atoms with Crippen LogP contribution in [0.1, 0.15) is 37.6 Å². The highest BCUT2D eigenvalue weighted by Gasteiger charge is 2.09. The van der Waals surface area contributed by atoms with Crippen LogP contribution in [-0.4, -0.2) is 18.1 Å². The minimum absolute atomic E-state index is 0.555. The van der Waals surface area contributed by atoms with E-state index in [1.54, 1.807) is 0 Å². The molecule has 0 bridgehead atoms. The van der Waals surface area contributed by atoms with Crippen molar-refractivity contribution in [2.24, 2.45) is 0 Å². The normalized spacial score (nSPS) is 15.1. The third kappa shape index (κ3) is 4.58. The monoisotopic (exact) mass is 243 g/mol. The Kier molecular flexibility index (Phi) is 6.37. The maximum absolute atomic E-state index is 3.63. The van der Waals surface area contributed by atoms with Crippen molar-refractivity contribution >= 4 is 23.1 Å². The molecule has 0 spiro atoms. The Hall–Kier alpha value is 0.01000. The van der Waals surface area contributed by atoms with Gasteiger partial charge in [0.2, 0.25) is 0 Å². The fourth-order valence-electron chi connectivity index (χ4n) is 1.51. The van der Waals surface area contributed by atoms with Gasteiger partial charge in [0.15, 0.2) is 0 Å². The van der Waals surface area contributed by atoms with Gasteiger partial charge in [-0.05, 0) is 37.1 Å².